The molecule has 1 unspecified atom stereocenters. The fourth-order valence-corrected chi connectivity index (χ4v) is 3.12. The monoisotopic (exact) mass is 347 g/mol. The third-order valence-corrected chi connectivity index (χ3v) is 4.85. The van der Waals surface area contributed by atoms with Crippen LogP contribution in [0.2, 0.25) is 0 Å². The smallest absolute Gasteiger partial charge is 0.311 e. The number of hydrogen-bond acceptors (Lipinski definition) is 3. The number of carbonyl (C=O) groups excluding carboxylic acids is 1. The van der Waals surface area contributed by atoms with Crippen molar-refractivity contribution in [3.8, 4) is 5.75 Å². The van der Waals surface area contributed by atoms with E-state index in [4.69, 9.17) is 10.5 Å². The van der Waals surface area contributed by atoms with Gasteiger partial charge in [-0.1, -0.05) is 76.5 Å². The van der Waals surface area contributed by atoms with E-state index in [9.17, 15) is 4.79 Å². The fourth-order valence-electron chi connectivity index (χ4n) is 3.12. The number of unbranched alkanes of at least 4 members (excludes halogenated alkanes) is 7. The van der Waals surface area contributed by atoms with Crippen molar-refractivity contribution in [3.63, 3.8) is 0 Å². The molecule has 0 saturated heterocycles. The molecule has 0 aliphatic carbocycles. The summed E-state index contributed by atoms with van der Waals surface area (Å²) in [4.78, 5) is 12.2. The number of nitrogens with two attached hydrogens (primary N) is 1. The van der Waals surface area contributed by atoms with Gasteiger partial charge in [0.05, 0.1) is 6.42 Å². The van der Waals surface area contributed by atoms with E-state index < -0.39 is 0 Å². The second-order valence-corrected chi connectivity index (χ2v) is 7.77. The lowest BCUT2D eigenvalue weighted by atomic mass is 9.82. The van der Waals surface area contributed by atoms with Crippen molar-refractivity contribution in [2.45, 2.75) is 90.5 Å². The second-order valence-electron chi connectivity index (χ2n) is 7.77. The van der Waals surface area contributed by atoms with Gasteiger partial charge in [0.1, 0.15) is 5.75 Å². The molecule has 1 aromatic rings. The van der Waals surface area contributed by atoms with E-state index in [1.165, 1.54) is 44.9 Å². The minimum Gasteiger partial charge on any atom is -0.427 e. The third-order valence-electron chi connectivity index (χ3n) is 4.85. The van der Waals surface area contributed by atoms with Crippen LogP contribution in [0.1, 0.15) is 85.0 Å². The normalized spacial score (nSPS) is 12.8. The van der Waals surface area contributed by atoms with E-state index in [1.807, 2.05) is 32.0 Å². The molecule has 0 aliphatic rings. The Morgan fingerprint density at radius 2 is 1.56 bits per heavy atom. The molecule has 1 rings (SSSR count). The number of rotatable bonds is 13. The van der Waals surface area contributed by atoms with Crippen LogP contribution in [0, 0.1) is 5.92 Å². The van der Waals surface area contributed by atoms with Crippen molar-refractivity contribution in [1.82, 2.24) is 0 Å². The van der Waals surface area contributed by atoms with E-state index in [1.54, 1.807) is 12.1 Å². The summed E-state index contributed by atoms with van der Waals surface area (Å²) in [6.07, 6.45) is 11.7. The summed E-state index contributed by atoms with van der Waals surface area (Å²) >= 11 is 0. The molecule has 0 heterocycles. The van der Waals surface area contributed by atoms with E-state index >= 15 is 0 Å². The van der Waals surface area contributed by atoms with Gasteiger partial charge in [-0.25, -0.2) is 0 Å². The highest BCUT2D eigenvalue weighted by molar-refractivity contribution is 5.72. The van der Waals surface area contributed by atoms with Gasteiger partial charge in [-0.2, -0.15) is 0 Å². The molecule has 3 nitrogen and oxygen atoms in total. The summed E-state index contributed by atoms with van der Waals surface area (Å²) in [5.74, 6) is 0.575. The van der Waals surface area contributed by atoms with Crippen LogP contribution >= 0.6 is 0 Å². The number of esters is 1. The summed E-state index contributed by atoms with van der Waals surface area (Å²) in [7, 11) is 0. The number of para-hydroxylation sites is 1. The van der Waals surface area contributed by atoms with E-state index in [2.05, 4.69) is 6.92 Å². The number of hydrogen-bond donors (Lipinski definition) is 1. The number of ether oxygens (including phenoxy) is 1. The SMILES string of the molecule is CCCCCCCCCCC(CC(=O)Oc1ccccc1)C(C)(C)N. The van der Waals surface area contributed by atoms with Crippen molar-refractivity contribution in [2.75, 3.05) is 0 Å². The second kappa shape index (κ2) is 12.1. The van der Waals surface area contributed by atoms with Crippen LogP contribution in [-0.4, -0.2) is 11.5 Å². The summed E-state index contributed by atoms with van der Waals surface area (Å²) in [6, 6.07) is 9.25. The minimum atomic E-state index is -0.364. The number of carbonyl (C=O) groups is 1. The predicted molar refractivity (Wildman–Crippen MR) is 106 cm³/mol. The molecule has 2 N–H and O–H groups in total. The fraction of sp³-hybridized carbons (Fsp3) is 0.682. The molecule has 0 bridgehead atoms. The highest BCUT2D eigenvalue weighted by atomic mass is 16.5. The Balaban J connectivity index is 2.31. The van der Waals surface area contributed by atoms with E-state index in [0.29, 0.717) is 12.2 Å². The van der Waals surface area contributed by atoms with Crippen molar-refractivity contribution < 1.29 is 9.53 Å². The molecule has 1 aromatic carbocycles. The lowest BCUT2D eigenvalue weighted by molar-refractivity contribution is -0.136. The number of benzene rings is 1. The summed E-state index contributed by atoms with van der Waals surface area (Å²) < 4.78 is 5.43. The van der Waals surface area contributed by atoms with Crippen LogP contribution in [0.15, 0.2) is 30.3 Å². The van der Waals surface area contributed by atoms with E-state index in [-0.39, 0.29) is 17.4 Å². The van der Waals surface area contributed by atoms with Crippen molar-refractivity contribution in [1.29, 1.82) is 0 Å². The van der Waals surface area contributed by atoms with Crippen LogP contribution in [0.5, 0.6) is 5.75 Å². The van der Waals surface area contributed by atoms with Gasteiger partial charge in [0.15, 0.2) is 0 Å². The van der Waals surface area contributed by atoms with Crippen molar-refractivity contribution in [2.24, 2.45) is 11.7 Å². The highest BCUT2D eigenvalue weighted by Crippen LogP contribution is 2.25. The molecule has 1 atom stereocenters. The maximum Gasteiger partial charge on any atom is 0.311 e. The maximum atomic E-state index is 12.2. The zero-order valence-electron chi connectivity index (χ0n) is 16.4. The van der Waals surface area contributed by atoms with Gasteiger partial charge in [-0.3, -0.25) is 4.79 Å². The van der Waals surface area contributed by atoms with Crippen molar-refractivity contribution in [3.05, 3.63) is 30.3 Å². The molecular formula is C22H37NO2. The van der Waals surface area contributed by atoms with Crippen LogP contribution in [-0.2, 0) is 4.79 Å². The van der Waals surface area contributed by atoms with Crippen molar-refractivity contribution >= 4 is 5.97 Å². The Morgan fingerprint density at radius 1 is 1.00 bits per heavy atom. The first-order valence-corrected chi connectivity index (χ1v) is 9.98. The first kappa shape index (κ1) is 21.7. The van der Waals surface area contributed by atoms with E-state index in [0.717, 1.165) is 12.8 Å². The van der Waals surface area contributed by atoms with Gasteiger partial charge in [0.25, 0.3) is 0 Å². The Labute approximate surface area is 154 Å². The Kier molecular flexibility index (Phi) is 10.5. The van der Waals surface area contributed by atoms with Crippen LogP contribution in [0.25, 0.3) is 0 Å². The third kappa shape index (κ3) is 10.3. The lowest BCUT2D eigenvalue weighted by Crippen LogP contribution is -2.42. The van der Waals surface area contributed by atoms with Gasteiger partial charge in [0.2, 0.25) is 0 Å². The molecule has 0 amide bonds. The topological polar surface area (TPSA) is 52.3 Å². The lowest BCUT2D eigenvalue weighted by Gasteiger charge is -2.30. The summed E-state index contributed by atoms with van der Waals surface area (Å²) in [5.41, 5.74) is 5.95. The molecule has 3 heteroatoms. The highest BCUT2D eigenvalue weighted by Gasteiger charge is 2.27. The van der Waals surface area contributed by atoms with Gasteiger partial charge >= 0.3 is 5.97 Å². The maximum absolute atomic E-state index is 12.2. The standard InChI is InChI=1S/C22H37NO2/c1-4-5-6-7-8-9-10-12-15-19(22(2,3)23)18-21(24)25-20-16-13-11-14-17-20/h11,13-14,16-17,19H,4-10,12,15,18,23H2,1-3H3. The van der Waals surface area contributed by atoms with Gasteiger partial charge < -0.3 is 10.5 Å². The van der Waals surface area contributed by atoms with Gasteiger partial charge in [-0.05, 0) is 38.3 Å². The zero-order chi connectivity index (χ0) is 18.5. The average Bonchev–Trinajstić information content (AvgIpc) is 2.56. The minimum absolute atomic E-state index is 0.156. The molecule has 25 heavy (non-hydrogen) atoms. The summed E-state index contributed by atoms with van der Waals surface area (Å²) in [5, 5.41) is 0. The molecule has 0 saturated carbocycles. The molecule has 0 radical (unpaired) electrons. The van der Waals surface area contributed by atoms with Gasteiger partial charge in [0, 0.05) is 5.54 Å². The summed E-state index contributed by atoms with van der Waals surface area (Å²) in [6.45, 7) is 6.27. The average molecular weight is 348 g/mol. The molecule has 0 aromatic heterocycles. The zero-order valence-corrected chi connectivity index (χ0v) is 16.4. The molecule has 0 aliphatic heterocycles. The Hall–Kier alpha value is -1.35. The Bertz CT molecular complexity index is 465. The predicted octanol–water partition coefficient (Wildman–Crippen LogP) is 5.87. The molecule has 142 valence electrons. The van der Waals surface area contributed by atoms with Crippen LogP contribution in [0.3, 0.4) is 0 Å². The molecular weight excluding hydrogens is 310 g/mol. The molecule has 0 spiro atoms. The Morgan fingerprint density at radius 3 is 2.12 bits per heavy atom. The largest absolute Gasteiger partial charge is 0.427 e. The first-order chi connectivity index (χ1) is 11.9. The van der Waals surface area contributed by atoms with Crippen LogP contribution in [0.4, 0.5) is 0 Å². The quantitative estimate of drug-likeness (QED) is 0.276. The van der Waals surface area contributed by atoms with Crippen LogP contribution < -0.4 is 10.5 Å². The first-order valence-electron chi connectivity index (χ1n) is 9.98. The van der Waals surface area contributed by atoms with Gasteiger partial charge in [-0.15, -0.1) is 0 Å². The molecule has 0 fully saturated rings.